The Bertz CT molecular complexity index is 279. The second kappa shape index (κ2) is 6.91. The Morgan fingerprint density at radius 3 is 2.71 bits per heavy atom. The van der Waals surface area contributed by atoms with Crippen LogP contribution >= 0.6 is 12.2 Å². The summed E-state index contributed by atoms with van der Waals surface area (Å²) in [7, 11) is 0. The standard InChI is InChI=1S/C12H23N3OS/c1-3-15(8-9(2)12(13)17)7-6-11(16)14-10-4-5-10/h9-10H,3-8H2,1-2H3,(H2,13,17)(H,14,16). The molecule has 0 heterocycles. The lowest BCUT2D eigenvalue weighted by Crippen LogP contribution is -2.37. The zero-order valence-electron chi connectivity index (χ0n) is 10.7. The SMILES string of the molecule is CCN(CCC(=O)NC1CC1)CC(C)C(N)=S. The first-order valence-electron chi connectivity index (χ1n) is 6.34. The predicted octanol–water partition coefficient (Wildman–Crippen LogP) is 0.899. The molecule has 0 saturated heterocycles. The normalized spacial score (nSPS) is 16.9. The Morgan fingerprint density at radius 1 is 1.59 bits per heavy atom. The molecule has 1 rings (SSSR count). The van der Waals surface area contributed by atoms with Gasteiger partial charge in [-0.05, 0) is 19.4 Å². The quantitative estimate of drug-likeness (QED) is 0.634. The van der Waals surface area contributed by atoms with E-state index < -0.39 is 0 Å². The maximum atomic E-state index is 11.5. The Morgan fingerprint density at radius 2 is 2.24 bits per heavy atom. The summed E-state index contributed by atoms with van der Waals surface area (Å²) in [5.74, 6) is 0.366. The van der Waals surface area contributed by atoms with Crippen LogP contribution in [0.1, 0.15) is 33.1 Å². The van der Waals surface area contributed by atoms with Crippen LogP contribution in [0.4, 0.5) is 0 Å². The third-order valence-corrected chi connectivity index (χ3v) is 3.46. The van der Waals surface area contributed by atoms with Crippen LogP contribution < -0.4 is 11.1 Å². The number of nitrogens with one attached hydrogen (secondary N) is 1. The van der Waals surface area contributed by atoms with Crippen LogP contribution in [0.5, 0.6) is 0 Å². The molecule has 0 bridgehead atoms. The van der Waals surface area contributed by atoms with Crippen LogP contribution in [0.2, 0.25) is 0 Å². The van der Waals surface area contributed by atoms with Crippen LogP contribution in [0, 0.1) is 5.92 Å². The number of hydrogen-bond donors (Lipinski definition) is 2. The summed E-state index contributed by atoms with van der Waals surface area (Å²) < 4.78 is 0. The molecule has 0 aromatic carbocycles. The van der Waals surface area contributed by atoms with Crippen LogP contribution in [0.25, 0.3) is 0 Å². The summed E-state index contributed by atoms with van der Waals surface area (Å²) in [5, 5.41) is 2.99. The lowest BCUT2D eigenvalue weighted by atomic mass is 10.1. The van der Waals surface area contributed by atoms with Crippen molar-refractivity contribution in [2.45, 2.75) is 39.2 Å². The molecule has 0 aromatic rings. The number of nitrogens with zero attached hydrogens (tertiary/aromatic N) is 1. The van der Waals surface area contributed by atoms with E-state index in [2.05, 4.69) is 17.1 Å². The van der Waals surface area contributed by atoms with Gasteiger partial charge in [0.2, 0.25) is 5.91 Å². The van der Waals surface area contributed by atoms with Crippen molar-refractivity contribution in [3.05, 3.63) is 0 Å². The maximum Gasteiger partial charge on any atom is 0.221 e. The van der Waals surface area contributed by atoms with Gasteiger partial charge in [-0.15, -0.1) is 0 Å². The van der Waals surface area contributed by atoms with Crippen molar-refractivity contribution in [2.75, 3.05) is 19.6 Å². The van der Waals surface area contributed by atoms with Crippen molar-refractivity contribution < 1.29 is 4.79 Å². The van der Waals surface area contributed by atoms with Gasteiger partial charge in [-0.3, -0.25) is 4.79 Å². The minimum Gasteiger partial charge on any atom is -0.393 e. The van der Waals surface area contributed by atoms with Gasteiger partial charge in [-0.1, -0.05) is 26.1 Å². The first-order chi connectivity index (χ1) is 8.02. The van der Waals surface area contributed by atoms with Crippen LogP contribution in [-0.4, -0.2) is 41.5 Å². The molecule has 5 heteroatoms. The molecule has 1 fully saturated rings. The molecule has 0 aromatic heterocycles. The van der Waals surface area contributed by atoms with E-state index in [4.69, 9.17) is 18.0 Å². The Hall–Kier alpha value is -0.680. The highest BCUT2D eigenvalue weighted by atomic mass is 32.1. The molecule has 1 aliphatic rings. The van der Waals surface area contributed by atoms with Crippen LogP contribution in [-0.2, 0) is 4.79 Å². The molecule has 1 unspecified atom stereocenters. The van der Waals surface area contributed by atoms with Gasteiger partial charge in [0, 0.05) is 31.5 Å². The summed E-state index contributed by atoms with van der Waals surface area (Å²) in [6, 6.07) is 0.452. The number of amides is 1. The van der Waals surface area contributed by atoms with Crippen molar-refractivity contribution in [2.24, 2.45) is 11.7 Å². The van der Waals surface area contributed by atoms with Gasteiger partial charge < -0.3 is 16.0 Å². The highest BCUT2D eigenvalue weighted by molar-refractivity contribution is 7.80. The fourth-order valence-electron chi connectivity index (χ4n) is 1.64. The van der Waals surface area contributed by atoms with Gasteiger partial charge in [0.15, 0.2) is 0 Å². The molecule has 98 valence electrons. The zero-order chi connectivity index (χ0) is 12.8. The van der Waals surface area contributed by atoms with E-state index in [1.807, 2.05) is 6.92 Å². The third kappa shape index (κ3) is 5.98. The van der Waals surface area contributed by atoms with E-state index in [-0.39, 0.29) is 11.8 Å². The number of carbonyl (C=O) groups is 1. The molecule has 17 heavy (non-hydrogen) atoms. The van der Waals surface area contributed by atoms with Gasteiger partial charge in [-0.25, -0.2) is 0 Å². The van der Waals surface area contributed by atoms with Gasteiger partial charge in [-0.2, -0.15) is 0 Å². The first kappa shape index (κ1) is 14.4. The fraction of sp³-hybridized carbons (Fsp3) is 0.833. The summed E-state index contributed by atoms with van der Waals surface area (Å²) >= 11 is 4.96. The molecule has 0 radical (unpaired) electrons. The minimum atomic E-state index is 0.161. The van der Waals surface area contributed by atoms with E-state index in [0.29, 0.717) is 17.5 Å². The van der Waals surface area contributed by atoms with Crippen LogP contribution in [0.15, 0.2) is 0 Å². The topological polar surface area (TPSA) is 58.4 Å². The van der Waals surface area contributed by atoms with Crippen molar-refractivity contribution in [3.8, 4) is 0 Å². The molecular formula is C12H23N3OS. The van der Waals surface area contributed by atoms with Gasteiger partial charge in [0.05, 0.1) is 4.99 Å². The van der Waals surface area contributed by atoms with Gasteiger partial charge >= 0.3 is 0 Å². The lowest BCUT2D eigenvalue weighted by Gasteiger charge is -2.23. The average molecular weight is 257 g/mol. The third-order valence-electron chi connectivity index (χ3n) is 3.06. The summed E-state index contributed by atoms with van der Waals surface area (Å²) in [5.41, 5.74) is 5.59. The summed E-state index contributed by atoms with van der Waals surface area (Å²) in [6.45, 7) is 6.65. The molecule has 0 aliphatic heterocycles. The molecule has 1 saturated carbocycles. The molecule has 0 spiro atoms. The number of hydrogen-bond acceptors (Lipinski definition) is 3. The second-order valence-corrected chi connectivity index (χ2v) is 5.26. The zero-order valence-corrected chi connectivity index (χ0v) is 11.6. The van der Waals surface area contributed by atoms with Crippen molar-refractivity contribution in [3.63, 3.8) is 0 Å². The molecule has 1 aliphatic carbocycles. The van der Waals surface area contributed by atoms with E-state index in [9.17, 15) is 4.79 Å². The molecular weight excluding hydrogens is 234 g/mol. The second-order valence-electron chi connectivity index (χ2n) is 4.79. The van der Waals surface area contributed by atoms with Gasteiger partial charge in [0.1, 0.15) is 0 Å². The van der Waals surface area contributed by atoms with Crippen LogP contribution in [0.3, 0.4) is 0 Å². The Labute approximate surface area is 109 Å². The van der Waals surface area contributed by atoms with E-state index in [0.717, 1.165) is 32.5 Å². The largest absolute Gasteiger partial charge is 0.393 e. The molecule has 3 N–H and O–H groups in total. The Kier molecular flexibility index (Phi) is 5.85. The molecule has 1 amide bonds. The maximum absolute atomic E-state index is 11.5. The average Bonchev–Trinajstić information content (AvgIpc) is 3.07. The lowest BCUT2D eigenvalue weighted by molar-refractivity contribution is -0.121. The van der Waals surface area contributed by atoms with E-state index >= 15 is 0 Å². The summed E-state index contributed by atoms with van der Waals surface area (Å²) in [6.07, 6.45) is 2.85. The van der Waals surface area contributed by atoms with Crippen molar-refractivity contribution in [1.82, 2.24) is 10.2 Å². The minimum absolute atomic E-state index is 0.161. The molecule has 1 atom stereocenters. The Balaban J connectivity index is 2.20. The fourth-order valence-corrected chi connectivity index (χ4v) is 1.72. The van der Waals surface area contributed by atoms with Crippen molar-refractivity contribution >= 4 is 23.1 Å². The smallest absolute Gasteiger partial charge is 0.221 e. The van der Waals surface area contributed by atoms with Gasteiger partial charge in [0.25, 0.3) is 0 Å². The monoisotopic (exact) mass is 257 g/mol. The summed E-state index contributed by atoms with van der Waals surface area (Å²) in [4.78, 5) is 14.3. The number of thiocarbonyl (C=S) groups is 1. The van der Waals surface area contributed by atoms with Crippen molar-refractivity contribution in [1.29, 1.82) is 0 Å². The van der Waals surface area contributed by atoms with E-state index in [1.165, 1.54) is 0 Å². The van der Waals surface area contributed by atoms with E-state index in [1.54, 1.807) is 0 Å². The molecule has 4 nitrogen and oxygen atoms in total. The highest BCUT2D eigenvalue weighted by Gasteiger charge is 2.23. The number of rotatable bonds is 8. The highest BCUT2D eigenvalue weighted by Crippen LogP contribution is 2.18. The number of nitrogens with two attached hydrogens (primary N) is 1. The first-order valence-corrected chi connectivity index (χ1v) is 6.74. The predicted molar refractivity (Wildman–Crippen MR) is 73.8 cm³/mol. The number of carbonyl (C=O) groups excluding carboxylic acids is 1.